The smallest absolute Gasteiger partial charge is 0.354 e. The van der Waals surface area contributed by atoms with Crippen LogP contribution in [0.2, 0.25) is 0 Å². The fourth-order valence-corrected chi connectivity index (χ4v) is 4.67. The number of carbonyl (C=O) groups is 1. The van der Waals surface area contributed by atoms with E-state index in [9.17, 15) is 18.0 Å². The molecule has 1 aliphatic rings. The summed E-state index contributed by atoms with van der Waals surface area (Å²) in [6, 6.07) is 8.93. The molecule has 3 heterocycles. The van der Waals surface area contributed by atoms with Gasteiger partial charge in [0.15, 0.2) is 5.16 Å². The van der Waals surface area contributed by atoms with Crippen molar-refractivity contribution in [2.75, 3.05) is 18.8 Å². The van der Waals surface area contributed by atoms with E-state index in [4.69, 9.17) is 0 Å². The molecule has 10 heteroatoms. The van der Waals surface area contributed by atoms with Crippen LogP contribution in [0, 0.1) is 0 Å². The Kier molecular flexibility index (Phi) is 6.59. The third-order valence-corrected chi connectivity index (χ3v) is 6.47. The molecule has 1 aliphatic heterocycles. The maximum absolute atomic E-state index is 13.3. The maximum atomic E-state index is 13.3. The van der Waals surface area contributed by atoms with E-state index in [0.29, 0.717) is 23.1 Å². The number of halogens is 3. The third kappa shape index (κ3) is 5.01. The highest BCUT2D eigenvalue weighted by Crippen LogP contribution is 2.32. The molecular formula is C22H24F3N5OS. The summed E-state index contributed by atoms with van der Waals surface area (Å²) >= 11 is 1.20. The molecule has 1 amide bonds. The first-order valence-corrected chi connectivity index (χ1v) is 11.4. The van der Waals surface area contributed by atoms with Gasteiger partial charge in [0.25, 0.3) is 0 Å². The van der Waals surface area contributed by atoms with Crippen LogP contribution in [0.25, 0.3) is 5.69 Å². The summed E-state index contributed by atoms with van der Waals surface area (Å²) < 4.78 is 43.5. The summed E-state index contributed by atoms with van der Waals surface area (Å²) in [5.41, 5.74) is 0.530. The summed E-state index contributed by atoms with van der Waals surface area (Å²) in [7, 11) is 1.90. The summed E-state index contributed by atoms with van der Waals surface area (Å²) in [6.07, 6.45) is 0.957. The minimum Gasteiger partial charge on any atom is -0.354 e. The van der Waals surface area contributed by atoms with Gasteiger partial charge < -0.3 is 9.47 Å². The third-order valence-electron chi connectivity index (χ3n) is 5.56. The van der Waals surface area contributed by atoms with E-state index in [1.165, 1.54) is 17.8 Å². The highest BCUT2D eigenvalue weighted by atomic mass is 32.2. The number of aryl methyl sites for hydroxylation is 1. The fraction of sp³-hybridized carbons (Fsp3) is 0.409. The lowest BCUT2D eigenvalue weighted by Crippen LogP contribution is -2.36. The average molecular weight is 464 g/mol. The van der Waals surface area contributed by atoms with Crippen molar-refractivity contribution in [3.8, 4) is 5.69 Å². The molecule has 0 unspecified atom stereocenters. The van der Waals surface area contributed by atoms with E-state index in [1.807, 2.05) is 34.8 Å². The number of carbonyl (C=O) groups excluding carboxylic acids is 1. The average Bonchev–Trinajstić information content (AvgIpc) is 3.38. The van der Waals surface area contributed by atoms with E-state index in [-0.39, 0.29) is 11.7 Å². The summed E-state index contributed by atoms with van der Waals surface area (Å²) in [5.74, 6) is 0.692. The Bertz CT molecular complexity index is 1090. The molecule has 0 spiro atoms. The molecule has 3 aromatic rings. The standard InChI is InChI=1S/C22H24F3N5OS/c1-28-10-6-9-17(28)14-19-26-27-21(32-15-20(31)29-11-3-2-4-12-29)30(19)18-8-5-7-16(13-18)22(23,24)25/h5-10,13H,2-4,11-12,14-15H2,1H3. The Morgan fingerprint density at radius 1 is 1.09 bits per heavy atom. The molecule has 1 fully saturated rings. The Hall–Kier alpha value is -2.75. The second-order valence-corrected chi connectivity index (χ2v) is 8.74. The van der Waals surface area contributed by atoms with Crippen LogP contribution in [0.5, 0.6) is 0 Å². The minimum absolute atomic E-state index is 0.0114. The lowest BCUT2D eigenvalue weighted by Gasteiger charge is -2.26. The molecule has 0 radical (unpaired) electrons. The highest BCUT2D eigenvalue weighted by molar-refractivity contribution is 7.99. The number of hydrogen-bond acceptors (Lipinski definition) is 4. The van der Waals surface area contributed by atoms with Crippen molar-refractivity contribution < 1.29 is 18.0 Å². The van der Waals surface area contributed by atoms with Crippen LogP contribution in [0.3, 0.4) is 0 Å². The largest absolute Gasteiger partial charge is 0.416 e. The fourth-order valence-electron chi connectivity index (χ4n) is 3.79. The van der Waals surface area contributed by atoms with Gasteiger partial charge in [0, 0.05) is 38.4 Å². The highest BCUT2D eigenvalue weighted by Gasteiger charge is 2.31. The van der Waals surface area contributed by atoms with Crippen LogP contribution in [-0.4, -0.2) is 49.0 Å². The lowest BCUT2D eigenvalue weighted by atomic mass is 10.1. The van der Waals surface area contributed by atoms with Gasteiger partial charge in [0.1, 0.15) is 5.82 Å². The molecule has 4 rings (SSSR count). The molecule has 6 nitrogen and oxygen atoms in total. The van der Waals surface area contributed by atoms with E-state index in [1.54, 1.807) is 10.6 Å². The van der Waals surface area contributed by atoms with Gasteiger partial charge >= 0.3 is 6.18 Å². The molecule has 1 saturated heterocycles. The first kappa shape index (κ1) is 22.4. The molecule has 2 aromatic heterocycles. The van der Waals surface area contributed by atoms with Crippen LogP contribution in [-0.2, 0) is 24.4 Å². The van der Waals surface area contributed by atoms with E-state index >= 15 is 0 Å². The number of hydrogen-bond donors (Lipinski definition) is 0. The number of thioether (sulfide) groups is 1. The van der Waals surface area contributed by atoms with E-state index < -0.39 is 11.7 Å². The van der Waals surface area contributed by atoms with Gasteiger partial charge in [0.2, 0.25) is 5.91 Å². The van der Waals surface area contributed by atoms with Crippen molar-refractivity contribution in [3.63, 3.8) is 0 Å². The molecule has 0 aliphatic carbocycles. The summed E-state index contributed by atoms with van der Waals surface area (Å²) in [4.78, 5) is 14.4. The van der Waals surface area contributed by atoms with Gasteiger partial charge in [-0.05, 0) is 49.6 Å². The number of piperidine rings is 1. The van der Waals surface area contributed by atoms with Gasteiger partial charge in [-0.3, -0.25) is 9.36 Å². The maximum Gasteiger partial charge on any atom is 0.416 e. The monoisotopic (exact) mass is 463 g/mol. The van der Waals surface area contributed by atoms with Gasteiger partial charge in [-0.2, -0.15) is 13.2 Å². The van der Waals surface area contributed by atoms with Crippen LogP contribution in [0.15, 0.2) is 47.8 Å². The summed E-state index contributed by atoms with van der Waals surface area (Å²) in [6.45, 7) is 1.50. The zero-order chi connectivity index (χ0) is 22.7. The molecule has 0 atom stereocenters. The predicted molar refractivity (Wildman–Crippen MR) is 116 cm³/mol. The second-order valence-electron chi connectivity index (χ2n) is 7.80. The number of alkyl halides is 3. The first-order valence-electron chi connectivity index (χ1n) is 10.5. The van der Waals surface area contributed by atoms with Crippen LogP contribution < -0.4 is 0 Å². The molecule has 0 bridgehead atoms. The molecule has 32 heavy (non-hydrogen) atoms. The van der Waals surface area contributed by atoms with E-state index in [2.05, 4.69) is 10.2 Å². The molecular weight excluding hydrogens is 439 g/mol. The van der Waals surface area contributed by atoms with Crippen molar-refractivity contribution in [2.45, 2.75) is 37.0 Å². The Morgan fingerprint density at radius 3 is 2.56 bits per heavy atom. The Labute approximate surface area is 188 Å². The topological polar surface area (TPSA) is 56.0 Å². The Morgan fingerprint density at radius 2 is 1.88 bits per heavy atom. The first-order chi connectivity index (χ1) is 15.3. The van der Waals surface area contributed by atoms with Crippen molar-refractivity contribution in [1.29, 1.82) is 0 Å². The summed E-state index contributed by atoms with van der Waals surface area (Å²) in [5, 5.41) is 8.89. The van der Waals surface area contributed by atoms with Crippen molar-refractivity contribution in [1.82, 2.24) is 24.2 Å². The van der Waals surface area contributed by atoms with Gasteiger partial charge in [-0.1, -0.05) is 17.8 Å². The molecule has 170 valence electrons. The van der Waals surface area contributed by atoms with Gasteiger partial charge in [-0.15, -0.1) is 10.2 Å². The Balaban J connectivity index is 1.64. The number of aromatic nitrogens is 4. The normalized spacial score (nSPS) is 14.7. The van der Waals surface area contributed by atoms with E-state index in [0.717, 1.165) is 50.2 Å². The number of amides is 1. The van der Waals surface area contributed by atoms with Gasteiger partial charge in [-0.25, -0.2) is 0 Å². The predicted octanol–water partition coefficient (Wildman–Crippen LogP) is 4.32. The van der Waals surface area contributed by atoms with Crippen LogP contribution in [0.4, 0.5) is 13.2 Å². The zero-order valence-corrected chi connectivity index (χ0v) is 18.5. The number of benzene rings is 1. The number of rotatable bonds is 6. The molecule has 0 N–H and O–H groups in total. The lowest BCUT2D eigenvalue weighted by molar-refractivity contribution is -0.137. The quantitative estimate of drug-likeness (QED) is 0.511. The number of nitrogens with zero attached hydrogens (tertiary/aromatic N) is 5. The van der Waals surface area contributed by atoms with Gasteiger partial charge in [0.05, 0.1) is 17.0 Å². The van der Waals surface area contributed by atoms with Crippen LogP contribution in [0.1, 0.15) is 36.3 Å². The van der Waals surface area contributed by atoms with Crippen LogP contribution >= 0.6 is 11.8 Å². The SMILES string of the molecule is Cn1cccc1Cc1nnc(SCC(=O)N2CCCCC2)n1-c1cccc(C(F)(F)F)c1. The molecule has 0 saturated carbocycles. The second kappa shape index (κ2) is 9.40. The minimum atomic E-state index is -4.46. The van der Waals surface area contributed by atoms with Crippen molar-refractivity contribution in [3.05, 3.63) is 59.7 Å². The van der Waals surface area contributed by atoms with Crippen molar-refractivity contribution in [2.24, 2.45) is 7.05 Å². The number of likely N-dealkylation sites (tertiary alicyclic amines) is 1. The van der Waals surface area contributed by atoms with Crippen molar-refractivity contribution >= 4 is 17.7 Å². The zero-order valence-electron chi connectivity index (χ0n) is 17.7. The molecule has 1 aromatic carbocycles.